The van der Waals surface area contributed by atoms with Crippen molar-refractivity contribution in [3.05, 3.63) is 12.7 Å². The van der Waals surface area contributed by atoms with Crippen molar-refractivity contribution in [2.24, 2.45) is 5.92 Å². The van der Waals surface area contributed by atoms with Gasteiger partial charge in [-0.3, -0.25) is 4.79 Å². The third-order valence-electron chi connectivity index (χ3n) is 1.65. The van der Waals surface area contributed by atoms with Crippen molar-refractivity contribution < 1.29 is 4.79 Å². The fourth-order valence-corrected chi connectivity index (χ4v) is 0.962. The van der Waals surface area contributed by atoms with Crippen LogP contribution in [0.25, 0.3) is 0 Å². The maximum Gasteiger partial charge on any atom is 0.207 e. The van der Waals surface area contributed by atoms with E-state index in [0.29, 0.717) is 5.92 Å². The summed E-state index contributed by atoms with van der Waals surface area (Å²) < 4.78 is 0. The van der Waals surface area contributed by atoms with Crippen molar-refractivity contribution in [1.82, 2.24) is 5.32 Å². The highest BCUT2D eigenvalue weighted by Crippen LogP contribution is 2.06. The second-order valence-electron chi connectivity index (χ2n) is 2.85. The molecule has 1 unspecified atom stereocenters. The van der Waals surface area contributed by atoms with Crippen molar-refractivity contribution in [2.75, 3.05) is 6.54 Å². The Balaban J connectivity index is 3.14. The SMILES string of the molecule is C=CCCCC(C)CNC=O. The molecule has 0 aromatic rings. The Kier molecular flexibility index (Phi) is 6.79. The molecule has 0 spiro atoms. The molecule has 11 heavy (non-hydrogen) atoms. The summed E-state index contributed by atoms with van der Waals surface area (Å²) in [5.41, 5.74) is 0. The van der Waals surface area contributed by atoms with E-state index >= 15 is 0 Å². The molecule has 0 heterocycles. The quantitative estimate of drug-likeness (QED) is 0.338. The Morgan fingerprint density at radius 1 is 1.64 bits per heavy atom. The first-order chi connectivity index (χ1) is 5.31. The van der Waals surface area contributed by atoms with Crippen LogP contribution in [0.3, 0.4) is 0 Å². The van der Waals surface area contributed by atoms with Crippen LogP contribution in [-0.2, 0) is 4.79 Å². The van der Waals surface area contributed by atoms with Gasteiger partial charge in [0, 0.05) is 6.54 Å². The summed E-state index contributed by atoms with van der Waals surface area (Å²) in [6.45, 7) is 6.58. The van der Waals surface area contributed by atoms with Gasteiger partial charge in [-0.05, 0) is 25.2 Å². The summed E-state index contributed by atoms with van der Waals surface area (Å²) in [5.74, 6) is 0.583. The molecule has 2 nitrogen and oxygen atoms in total. The minimum absolute atomic E-state index is 0.583. The third-order valence-corrected chi connectivity index (χ3v) is 1.65. The summed E-state index contributed by atoms with van der Waals surface area (Å²) in [6.07, 6.45) is 6.09. The van der Waals surface area contributed by atoms with Crippen LogP contribution in [0.15, 0.2) is 12.7 Å². The maximum absolute atomic E-state index is 9.91. The minimum Gasteiger partial charge on any atom is -0.358 e. The highest BCUT2D eigenvalue weighted by Gasteiger charge is 1.98. The number of hydrogen-bond donors (Lipinski definition) is 1. The average molecular weight is 155 g/mol. The van der Waals surface area contributed by atoms with E-state index < -0.39 is 0 Å². The van der Waals surface area contributed by atoms with Gasteiger partial charge in [-0.1, -0.05) is 13.0 Å². The Bertz CT molecular complexity index is 112. The molecule has 64 valence electrons. The highest BCUT2D eigenvalue weighted by molar-refractivity contribution is 5.45. The van der Waals surface area contributed by atoms with Crippen molar-refractivity contribution in [3.63, 3.8) is 0 Å². The van der Waals surface area contributed by atoms with Gasteiger partial charge in [-0.25, -0.2) is 0 Å². The number of carbonyl (C=O) groups excluding carboxylic acids is 1. The normalized spacial score (nSPS) is 12.1. The van der Waals surface area contributed by atoms with Crippen LogP contribution in [0.5, 0.6) is 0 Å². The molecule has 0 saturated heterocycles. The molecule has 0 saturated carbocycles. The van der Waals surface area contributed by atoms with Crippen molar-refractivity contribution >= 4 is 6.41 Å². The Morgan fingerprint density at radius 2 is 2.36 bits per heavy atom. The lowest BCUT2D eigenvalue weighted by molar-refractivity contribution is -0.109. The van der Waals surface area contributed by atoms with Crippen LogP contribution in [-0.4, -0.2) is 13.0 Å². The van der Waals surface area contributed by atoms with Gasteiger partial charge in [0.15, 0.2) is 0 Å². The lowest BCUT2D eigenvalue weighted by Crippen LogP contribution is -2.18. The number of amides is 1. The summed E-state index contributed by atoms with van der Waals surface area (Å²) in [6, 6.07) is 0. The number of nitrogens with one attached hydrogen (secondary N) is 1. The molecule has 0 aliphatic carbocycles. The zero-order valence-corrected chi connectivity index (χ0v) is 7.18. The summed E-state index contributed by atoms with van der Waals surface area (Å²) >= 11 is 0. The molecular weight excluding hydrogens is 138 g/mol. The average Bonchev–Trinajstić information content (AvgIpc) is 2.01. The maximum atomic E-state index is 9.91. The predicted octanol–water partition coefficient (Wildman–Crippen LogP) is 1.72. The van der Waals surface area contributed by atoms with Crippen LogP contribution in [0.1, 0.15) is 26.2 Å². The molecular formula is C9H17NO. The summed E-state index contributed by atoms with van der Waals surface area (Å²) in [4.78, 5) is 9.91. The zero-order valence-electron chi connectivity index (χ0n) is 7.18. The van der Waals surface area contributed by atoms with Crippen molar-refractivity contribution in [1.29, 1.82) is 0 Å². The Morgan fingerprint density at radius 3 is 2.91 bits per heavy atom. The molecule has 0 fully saturated rings. The molecule has 0 aliphatic heterocycles. The molecule has 0 rings (SSSR count). The first kappa shape index (κ1) is 10.2. The molecule has 1 atom stereocenters. The minimum atomic E-state index is 0.583. The van der Waals surface area contributed by atoms with Crippen LogP contribution in [0.4, 0.5) is 0 Å². The van der Waals surface area contributed by atoms with E-state index in [0.717, 1.165) is 25.8 Å². The van der Waals surface area contributed by atoms with Gasteiger partial charge in [-0.2, -0.15) is 0 Å². The van der Waals surface area contributed by atoms with Crippen LogP contribution >= 0.6 is 0 Å². The van der Waals surface area contributed by atoms with Gasteiger partial charge < -0.3 is 5.32 Å². The standard InChI is InChI=1S/C9H17NO/c1-3-4-5-6-9(2)7-10-8-11/h3,8-9H,1,4-7H2,2H3,(H,10,11). The number of hydrogen-bond acceptors (Lipinski definition) is 1. The van der Waals surface area contributed by atoms with E-state index in [-0.39, 0.29) is 0 Å². The fraction of sp³-hybridized carbons (Fsp3) is 0.667. The second kappa shape index (κ2) is 7.32. The van der Waals surface area contributed by atoms with Crippen LogP contribution < -0.4 is 5.32 Å². The Labute approximate surface area is 68.7 Å². The van der Waals surface area contributed by atoms with Gasteiger partial charge in [0.25, 0.3) is 0 Å². The van der Waals surface area contributed by atoms with Gasteiger partial charge >= 0.3 is 0 Å². The molecule has 0 radical (unpaired) electrons. The first-order valence-corrected chi connectivity index (χ1v) is 4.09. The van der Waals surface area contributed by atoms with Gasteiger partial charge in [-0.15, -0.1) is 6.58 Å². The first-order valence-electron chi connectivity index (χ1n) is 4.09. The fourth-order valence-electron chi connectivity index (χ4n) is 0.962. The van der Waals surface area contributed by atoms with Gasteiger partial charge in [0.1, 0.15) is 0 Å². The molecule has 0 bridgehead atoms. The Hall–Kier alpha value is -0.790. The van der Waals surface area contributed by atoms with Gasteiger partial charge in [0.2, 0.25) is 6.41 Å². The van der Waals surface area contributed by atoms with E-state index in [1.807, 2.05) is 6.08 Å². The van der Waals surface area contributed by atoms with E-state index in [2.05, 4.69) is 18.8 Å². The highest BCUT2D eigenvalue weighted by atomic mass is 16.1. The molecule has 2 heteroatoms. The lowest BCUT2D eigenvalue weighted by atomic mass is 10.0. The van der Waals surface area contributed by atoms with Crippen LogP contribution in [0.2, 0.25) is 0 Å². The van der Waals surface area contributed by atoms with E-state index in [1.165, 1.54) is 6.42 Å². The molecule has 1 amide bonds. The zero-order chi connectivity index (χ0) is 8.53. The third kappa shape index (κ3) is 7.10. The van der Waals surface area contributed by atoms with E-state index in [1.54, 1.807) is 0 Å². The molecule has 1 N–H and O–H groups in total. The van der Waals surface area contributed by atoms with Crippen molar-refractivity contribution in [2.45, 2.75) is 26.2 Å². The van der Waals surface area contributed by atoms with Gasteiger partial charge in [0.05, 0.1) is 0 Å². The second-order valence-corrected chi connectivity index (χ2v) is 2.85. The smallest absolute Gasteiger partial charge is 0.207 e. The number of allylic oxidation sites excluding steroid dienone is 1. The molecule has 0 aromatic heterocycles. The van der Waals surface area contributed by atoms with E-state index in [4.69, 9.17) is 0 Å². The number of carbonyl (C=O) groups is 1. The predicted molar refractivity (Wildman–Crippen MR) is 47.3 cm³/mol. The number of rotatable bonds is 7. The summed E-state index contributed by atoms with van der Waals surface area (Å²) in [7, 11) is 0. The largest absolute Gasteiger partial charge is 0.358 e. The number of unbranched alkanes of at least 4 members (excludes halogenated alkanes) is 1. The topological polar surface area (TPSA) is 29.1 Å². The monoisotopic (exact) mass is 155 g/mol. The molecule has 0 aromatic carbocycles. The van der Waals surface area contributed by atoms with Crippen molar-refractivity contribution in [3.8, 4) is 0 Å². The lowest BCUT2D eigenvalue weighted by Gasteiger charge is -2.08. The summed E-state index contributed by atoms with van der Waals surface area (Å²) in [5, 5.41) is 2.67. The van der Waals surface area contributed by atoms with Crippen LogP contribution in [0, 0.1) is 5.92 Å². The molecule has 0 aliphatic rings. The van der Waals surface area contributed by atoms with E-state index in [9.17, 15) is 4.79 Å².